The van der Waals surface area contributed by atoms with E-state index in [0.717, 1.165) is 0 Å². The zero-order valence-electron chi connectivity index (χ0n) is 9.90. The normalized spacial score (nSPS) is 12.8. The number of nitrogens with two attached hydrogens (primary N) is 1. The standard InChI is InChI=1S/C9H18N2O5/c1-9(2,3)15-8(13)11-5-6(16-10)7(12)14-4/h6H,5,10H2,1-4H3,(H,11,13). The summed E-state index contributed by atoms with van der Waals surface area (Å²) in [6.45, 7) is 5.06. The highest BCUT2D eigenvalue weighted by atomic mass is 16.6. The zero-order valence-corrected chi connectivity index (χ0v) is 9.90. The van der Waals surface area contributed by atoms with Crippen molar-refractivity contribution in [2.75, 3.05) is 13.7 Å². The minimum atomic E-state index is -1.04. The Balaban J connectivity index is 4.03. The molecule has 0 bridgehead atoms. The van der Waals surface area contributed by atoms with Gasteiger partial charge in [-0.1, -0.05) is 0 Å². The summed E-state index contributed by atoms with van der Waals surface area (Å²) in [5.74, 6) is 4.20. The fraction of sp³-hybridized carbons (Fsp3) is 0.778. The van der Waals surface area contributed by atoms with Crippen LogP contribution in [-0.4, -0.2) is 37.4 Å². The number of hydrogen-bond acceptors (Lipinski definition) is 6. The highest BCUT2D eigenvalue weighted by Crippen LogP contribution is 2.06. The zero-order chi connectivity index (χ0) is 12.8. The number of hydrogen-bond donors (Lipinski definition) is 2. The number of carbonyl (C=O) groups is 2. The van der Waals surface area contributed by atoms with Crippen LogP contribution in [0.1, 0.15) is 20.8 Å². The number of ether oxygens (including phenoxy) is 2. The molecule has 94 valence electrons. The summed E-state index contributed by atoms with van der Waals surface area (Å²) >= 11 is 0. The van der Waals surface area contributed by atoms with Crippen molar-refractivity contribution in [1.82, 2.24) is 5.32 Å². The highest BCUT2D eigenvalue weighted by Gasteiger charge is 2.22. The molecule has 0 aliphatic rings. The van der Waals surface area contributed by atoms with Crippen molar-refractivity contribution in [3.8, 4) is 0 Å². The van der Waals surface area contributed by atoms with Crippen molar-refractivity contribution in [2.45, 2.75) is 32.5 Å². The average Bonchev–Trinajstić information content (AvgIpc) is 2.15. The largest absolute Gasteiger partial charge is 0.467 e. The third-order valence-corrected chi connectivity index (χ3v) is 1.46. The van der Waals surface area contributed by atoms with E-state index in [9.17, 15) is 9.59 Å². The van der Waals surface area contributed by atoms with E-state index in [2.05, 4.69) is 14.9 Å². The van der Waals surface area contributed by atoms with Gasteiger partial charge in [-0.3, -0.25) is 4.84 Å². The molecule has 0 saturated carbocycles. The molecule has 0 fully saturated rings. The molecule has 0 radical (unpaired) electrons. The summed E-state index contributed by atoms with van der Waals surface area (Å²) in [7, 11) is 1.20. The first-order valence-corrected chi connectivity index (χ1v) is 4.70. The molecule has 7 nitrogen and oxygen atoms in total. The van der Waals surface area contributed by atoms with E-state index in [1.54, 1.807) is 20.8 Å². The van der Waals surface area contributed by atoms with E-state index >= 15 is 0 Å². The third-order valence-electron chi connectivity index (χ3n) is 1.46. The molecule has 0 rings (SSSR count). The molecule has 1 unspecified atom stereocenters. The first kappa shape index (κ1) is 14.7. The number of methoxy groups -OCH3 is 1. The summed E-state index contributed by atoms with van der Waals surface area (Å²) in [5, 5.41) is 2.34. The number of amides is 1. The Morgan fingerprint density at radius 3 is 2.31 bits per heavy atom. The van der Waals surface area contributed by atoms with Gasteiger partial charge in [0, 0.05) is 0 Å². The first-order chi connectivity index (χ1) is 7.30. The van der Waals surface area contributed by atoms with Crippen LogP contribution in [0, 0.1) is 0 Å². The maximum Gasteiger partial charge on any atom is 0.407 e. The molecule has 0 spiro atoms. The molecule has 3 N–H and O–H groups in total. The molecule has 7 heteroatoms. The second-order valence-electron chi connectivity index (χ2n) is 4.03. The quantitative estimate of drug-likeness (QED) is 0.522. The Morgan fingerprint density at radius 1 is 1.38 bits per heavy atom. The van der Waals surface area contributed by atoms with Crippen LogP contribution in [0.2, 0.25) is 0 Å². The molecule has 0 aliphatic carbocycles. The number of rotatable bonds is 4. The second kappa shape index (κ2) is 6.29. The van der Waals surface area contributed by atoms with Crippen LogP contribution < -0.4 is 11.2 Å². The molecule has 0 aromatic rings. The molecule has 0 aliphatic heterocycles. The summed E-state index contributed by atoms with van der Waals surface area (Å²) in [6.07, 6.45) is -1.70. The topological polar surface area (TPSA) is 99.9 Å². The van der Waals surface area contributed by atoms with Gasteiger partial charge >= 0.3 is 12.1 Å². The monoisotopic (exact) mass is 234 g/mol. The minimum Gasteiger partial charge on any atom is -0.467 e. The van der Waals surface area contributed by atoms with E-state index in [1.807, 2.05) is 0 Å². The van der Waals surface area contributed by atoms with E-state index < -0.39 is 23.8 Å². The highest BCUT2D eigenvalue weighted by molar-refractivity contribution is 5.76. The lowest BCUT2D eigenvalue weighted by Gasteiger charge is -2.20. The first-order valence-electron chi connectivity index (χ1n) is 4.70. The minimum absolute atomic E-state index is 0.113. The smallest absolute Gasteiger partial charge is 0.407 e. The summed E-state index contributed by atoms with van der Waals surface area (Å²) in [5.41, 5.74) is -0.603. The van der Waals surface area contributed by atoms with Crippen LogP contribution in [0.5, 0.6) is 0 Å². The van der Waals surface area contributed by atoms with Gasteiger partial charge in [-0.25, -0.2) is 15.5 Å². The van der Waals surface area contributed by atoms with Gasteiger partial charge in [-0.05, 0) is 20.8 Å². The van der Waals surface area contributed by atoms with Gasteiger partial charge in [0.25, 0.3) is 0 Å². The van der Waals surface area contributed by atoms with Gasteiger partial charge in [0.15, 0.2) is 6.10 Å². The van der Waals surface area contributed by atoms with E-state index in [1.165, 1.54) is 7.11 Å². The van der Waals surface area contributed by atoms with Crippen molar-refractivity contribution in [3.05, 3.63) is 0 Å². The molecule has 16 heavy (non-hydrogen) atoms. The Bertz CT molecular complexity index is 249. The van der Waals surface area contributed by atoms with Crippen molar-refractivity contribution in [1.29, 1.82) is 0 Å². The molecular formula is C9H18N2O5. The van der Waals surface area contributed by atoms with Gasteiger partial charge in [0.1, 0.15) is 5.60 Å². The Kier molecular flexibility index (Phi) is 5.76. The third kappa shape index (κ3) is 6.20. The summed E-state index contributed by atoms with van der Waals surface area (Å²) in [6, 6.07) is 0. The van der Waals surface area contributed by atoms with Gasteiger partial charge < -0.3 is 14.8 Å². The lowest BCUT2D eigenvalue weighted by Crippen LogP contribution is -2.42. The summed E-state index contributed by atoms with van der Waals surface area (Å²) in [4.78, 5) is 26.6. The number of nitrogens with one attached hydrogen (secondary N) is 1. The molecule has 0 aromatic heterocycles. The Labute approximate surface area is 94.2 Å². The van der Waals surface area contributed by atoms with E-state index in [-0.39, 0.29) is 6.54 Å². The van der Waals surface area contributed by atoms with Gasteiger partial charge in [-0.15, -0.1) is 0 Å². The number of alkyl carbamates (subject to hydrolysis) is 1. The predicted molar refractivity (Wildman–Crippen MR) is 55.3 cm³/mol. The molecule has 1 atom stereocenters. The van der Waals surface area contributed by atoms with Gasteiger partial charge in [-0.2, -0.15) is 0 Å². The van der Waals surface area contributed by atoms with Crippen LogP contribution >= 0.6 is 0 Å². The number of esters is 1. The fourth-order valence-corrected chi connectivity index (χ4v) is 0.809. The summed E-state index contributed by atoms with van der Waals surface area (Å²) < 4.78 is 9.35. The average molecular weight is 234 g/mol. The van der Waals surface area contributed by atoms with E-state index in [0.29, 0.717) is 0 Å². The van der Waals surface area contributed by atoms with Crippen molar-refractivity contribution >= 4 is 12.1 Å². The predicted octanol–water partition coefficient (Wildman–Crippen LogP) is -0.0570. The SMILES string of the molecule is COC(=O)C(CNC(=O)OC(C)(C)C)ON. The van der Waals surface area contributed by atoms with Gasteiger partial charge in [0.2, 0.25) is 0 Å². The van der Waals surface area contributed by atoms with Crippen molar-refractivity contribution in [3.63, 3.8) is 0 Å². The van der Waals surface area contributed by atoms with Crippen LogP contribution in [-0.2, 0) is 19.1 Å². The Hall–Kier alpha value is -1.34. The molecule has 0 heterocycles. The molecule has 0 saturated heterocycles. The van der Waals surface area contributed by atoms with Crippen LogP contribution in [0.3, 0.4) is 0 Å². The van der Waals surface area contributed by atoms with Crippen molar-refractivity contribution < 1.29 is 23.9 Å². The Morgan fingerprint density at radius 2 is 1.94 bits per heavy atom. The maximum absolute atomic E-state index is 11.2. The lowest BCUT2D eigenvalue weighted by atomic mass is 10.2. The molecule has 0 aromatic carbocycles. The van der Waals surface area contributed by atoms with Crippen LogP contribution in [0.25, 0.3) is 0 Å². The fourth-order valence-electron chi connectivity index (χ4n) is 0.809. The maximum atomic E-state index is 11.2. The van der Waals surface area contributed by atoms with E-state index in [4.69, 9.17) is 10.6 Å². The number of carbonyl (C=O) groups excluding carboxylic acids is 2. The lowest BCUT2D eigenvalue weighted by molar-refractivity contribution is -0.154. The van der Waals surface area contributed by atoms with Crippen LogP contribution in [0.4, 0.5) is 4.79 Å². The van der Waals surface area contributed by atoms with Gasteiger partial charge in [0.05, 0.1) is 13.7 Å². The second-order valence-corrected chi connectivity index (χ2v) is 4.03. The molecule has 1 amide bonds. The van der Waals surface area contributed by atoms with Crippen molar-refractivity contribution in [2.24, 2.45) is 5.90 Å². The van der Waals surface area contributed by atoms with Crippen LogP contribution in [0.15, 0.2) is 0 Å². The molecular weight excluding hydrogens is 216 g/mol.